The van der Waals surface area contributed by atoms with Crippen LogP contribution in [0.1, 0.15) is 43.1 Å². The monoisotopic (exact) mass is 290 g/mol. The average molecular weight is 290 g/mol. The van der Waals surface area contributed by atoms with Gasteiger partial charge in [0.2, 0.25) is 0 Å². The first-order valence-corrected chi connectivity index (χ1v) is 7.58. The van der Waals surface area contributed by atoms with Crippen LogP contribution in [0.5, 0.6) is 0 Å². The molecule has 1 aliphatic rings. The minimum absolute atomic E-state index is 0.0152. The van der Waals surface area contributed by atoms with Gasteiger partial charge in [-0.3, -0.25) is 4.79 Å². The molecule has 1 aromatic rings. The molecule has 1 aromatic carbocycles. The number of methoxy groups -OCH3 is 1. The van der Waals surface area contributed by atoms with Gasteiger partial charge < -0.3 is 15.4 Å². The fraction of sp³-hybridized carbons (Fsp3) is 0.588. The van der Waals surface area contributed by atoms with E-state index in [0.29, 0.717) is 5.56 Å². The molecule has 1 fully saturated rings. The van der Waals surface area contributed by atoms with E-state index in [1.165, 1.54) is 0 Å². The molecule has 0 heterocycles. The fourth-order valence-electron chi connectivity index (χ4n) is 2.96. The van der Waals surface area contributed by atoms with Crippen molar-refractivity contribution >= 4 is 11.6 Å². The highest BCUT2D eigenvalue weighted by atomic mass is 16.5. The molecule has 0 spiro atoms. The van der Waals surface area contributed by atoms with Gasteiger partial charge in [0.15, 0.2) is 0 Å². The summed E-state index contributed by atoms with van der Waals surface area (Å²) in [6, 6.07) is 6.04. The number of carbonyl (C=O) groups is 1. The zero-order valence-corrected chi connectivity index (χ0v) is 13.6. The first-order valence-electron chi connectivity index (χ1n) is 7.58. The number of amides is 1. The van der Waals surface area contributed by atoms with Crippen molar-refractivity contribution in [1.29, 1.82) is 0 Å². The molecule has 0 bridgehead atoms. The highest BCUT2D eigenvalue weighted by molar-refractivity contribution is 6.00. The molecule has 1 aliphatic carbocycles. The van der Waals surface area contributed by atoms with Crippen molar-refractivity contribution in [1.82, 2.24) is 5.32 Å². The molecule has 2 N–H and O–H groups in total. The van der Waals surface area contributed by atoms with Gasteiger partial charge in [0.05, 0.1) is 11.7 Å². The molecule has 116 valence electrons. The second-order valence-corrected chi connectivity index (χ2v) is 6.39. The lowest BCUT2D eigenvalue weighted by Gasteiger charge is -2.51. The van der Waals surface area contributed by atoms with E-state index in [0.717, 1.165) is 24.2 Å². The van der Waals surface area contributed by atoms with Crippen molar-refractivity contribution in [3.8, 4) is 0 Å². The van der Waals surface area contributed by atoms with Crippen LogP contribution in [0.15, 0.2) is 18.2 Å². The Morgan fingerprint density at radius 1 is 1.43 bits per heavy atom. The van der Waals surface area contributed by atoms with E-state index in [9.17, 15) is 4.79 Å². The summed E-state index contributed by atoms with van der Waals surface area (Å²) in [6.07, 6.45) is 1.09. The Bertz CT molecular complexity index is 526. The molecule has 2 unspecified atom stereocenters. The highest BCUT2D eigenvalue weighted by Crippen LogP contribution is 2.42. The Hall–Kier alpha value is -1.55. The van der Waals surface area contributed by atoms with Gasteiger partial charge >= 0.3 is 0 Å². The van der Waals surface area contributed by atoms with Crippen LogP contribution in [0.2, 0.25) is 0 Å². The second-order valence-electron chi connectivity index (χ2n) is 6.39. The Labute approximate surface area is 127 Å². The average Bonchev–Trinajstić information content (AvgIpc) is 2.43. The van der Waals surface area contributed by atoms with Gasteiger partial charge in [0.1, 0.15) is 0 Å². The fourth-order valence-corrected chi connectivity index (χ4v) is 2.96. The van der Waals surface area contributed by atoms with E-state index in [4.69, 9.17) is 4.74 Å². The summed E-state index contributed by atoms with van der Waals surface area (Å²) >= 11 is 0. The third-order valence-electron chi connectivity index (χ3n) is 4.55. The Kier molecular flexibility index (Phi) is 4.57. The smallest absolute Gasteiger partial charge is 0.253 e. The largest absolute Gasteiger partial charge is 0.385 e. The Balaban J connectivity index is 2.11. The molecule has 0 aliphatic heterocycles. The summed E-state index contributed by atoms with van der Waals surface area (Å²) in [5.74, 6) is -0.0152. The van der Waals surface area contributed by atoms with Crippen molar-refractivity contribution in [3.63, 3.8) is 0 Å². The van der Waals surface area contributed by atoms with Crippen molar-refractivity contribution in [2.45, 2.75) is 46.3 Å². The van der Waals surface area contributed by atoms with Crippen LogP contribution in [-0.2, 0) is 4.74 Å². The molecule has 4 nitrogen and oxygen atoms in total. The zero-order chi connectivity index (χ0) is 15.6. The van der Waals surface area contributed by atoms with Crippen LogP contribution in [-0.4, -0.2) is 31.7 Å². The molecule has 0 radical (unpaired) electrons. The number of rotatable bonds is 5. The molecule has 1 amide bonds. The second kappa shape index (κ2) is 6.06. The maximum absolute atomic E-state index is 12.5. The van der Waals surface area contributed by atoms with Crippen molar-refractivity contribution < 1.29 is 9.53 Å². The van der Waals surface area contributed by atoms with Gasteiger partial charge in [-0.25, -0.2) is 0 Å². The van der Waals surface area contributed by atoms with Gasteiger partial charge in [-0.05, 0) is 38.0 Å². The van der Waals surface area contributed by atoms with Crippen LogP contribution in [0.3, 0.4) is 0 Å². The molecule has 0 saturated heterocycles. The number of benzene rings is 1. The quantitative estimate of drug-likeness (QED) is 0.876. The molecular formula is C17H26N2O2. The standard InChI is InChI=1S/C17H26N2O2/c1-6-18-13-9-11(2)7-8-12(13)16(20)19-14-10-15(21-5)17(14,3)4/h7-9,14-15,18H,6,10H2,1-5H3,(H,19,20). The number of hydrogen-bond donors (Lipinski definition) is 2. The van der Waals surface area contributed by atoms with Crippen LogP contribution < -0.4 is 10.6 Å². The van der Waals surface area contributed by atoms with Crippen molar-refractivity contribution in [3.05, 3.63) is 29.3 Å². The van der Waals surface area contributed by atoms with E-state index in [2.05, 4.69) is 24.5 Å². The first kappa shape index (κ1) is 15.8. The summed E-state index contributed by atoms with van der Waals surface area (Å²) in [6.45, 7) is 9.12. The van der Waals surface area contributed by atoms with Crippen molar-refractivity contribution in [2.24, 2.45) is 5.41 Å². The number of hydrogen-bond acceptors (Lipinski definition) is 3. The summed E-state index contributed by atoms with van der Waals surface area (Å²) in [5, 5.41) is 6.41. The molecular weight excluding hydrogens is 264 g/mol. The number of aryl methyl sites for hydroxylation is 1. The number of ether oxygens (including phenoxy) is 1. The third kappa shape index (κ3) is 3.05. The molecule has 4 heteroatoms. The lowest BCUT2D eigenvalue weighted by Crippen LogP contribution is -2.61. The van der Waals surface area contributed by atoms with Gasteiger partial charge in [0.25, 0.3) is 5.91 Å². The van der Waals surface area contributed by atoms with Crippen LogP contribution in [0.4, 0.5) is 5.69 Å². The topological polar surface area (TPSA) is 50.4 Å². The normalized spacial score (nSPS) is 23.3. The van der Waals surface area contributed by atoms with E-state index in [1.807, 2.05) is 32.0 Å². The van der Waals surface area contributed by atoms with Gasteiger partial charge in [-0.15, -0.1) is 0 Å². The van der Waals surface area contributed by atoms with Crippen LogP contribution >= 0.6 is 0 Å². The molecule has 2 rings (SSSR count). The zero-order valence-electron chi connectivity index (χ0n) is 13.6. The predicted molar refractivity (Wildman–Crippen MR) is 85.8 cm³/mol. The van der Waals surface area contributed by atoms with Gasteiger partial charge in [0, 0.05) is 30.8 Å². The third-order valence-corrected chi connectivity index (χ3v) is 4.55. The maximum atomic E-state index is 12.5. The maximum Gasteiger partial charge on any atom is 0.253 e. The number of carbonyl (C=O) groups excluding carboxylic acids is 1. The first-order chi connectivity index (χ1) is 9.90. The van der Waals surface area contributed by atoms with Crippen LogP contribution in [0.25, 0.3) is 0 Å². The van der Waals surface area contributed by atoms with Crippen LogP contribution in [0, 0.1) is 12.3 Å². The van der Waals surface area contributed by atoms with Gasteiger partial charge in [-0.1, -0.05) is 19.9 Å². The summed E-state index contributed by atoms with van der Waals surface area (Å²) in [5.41, 5.74) is 2.73. The molecule has 2 atom stereocenters. The minimum Gasteiger partial charge on any atom is -0.385 e. The molecule has 21 heavy (non-hydrogen) atoms. The summed E-state index contributed by atoms with van der Waals surface area (Å²) in [7, 11) is 1.73. The predicted octanol–water partition coefficient (Wildman–Crippen LogP) is 2.97. The highest BCUT2D eigenvalue weighted by Gasteiger charge is 2.49. The molecule has 0 aromatic heterocycles. The lowest BCUT2D eigenvalue weighted by atomic mass is 9.64. The van der Waals surface area contributed by atoms with E-state index in [-0.39, 0.29) is 23.5 Å². The summed E-state index contributed by atoms with van der Waals surface area (Å²) in [4.78, 5) is 12.5. The van der Waals surface area contributed by atoms with E-state index >= 15 is 0 Å². The lowest BCUT2D eigenvalue weighted by molar-refractivity contribution is -0.0942. The number of anilines is 1. The number of nitrogens with one attached hydrogen (secondary N) is 2. The van der Waals surface area contributed by atoms with E-state index < -0.39 is 0 Å². The van der Waals surface area contributed by atoms with E-state index in [1.54, 1.807) is 7.11 Å². The van der Waals surface area contributed by atoms with Crippen molar-refractivity contribution in [2.75, 3.05) is 19.0 Å². The Morgan fingerprint density at radius 2 is 2.14 bits per heavy atom. The summed E-state index contributed by atoms with van der Waals surface area (Å²) < 4.78 is 5.43. The minimum atomic E-state index is -0.0204. The van der Waals surface area contributed by atoms with Gasteiger partial charge in [-0.2, -0.15) is 0 Å². The Morgan fingerprint density at radius 3 is 2.71 bits per heavy atom. The molecule has 1 saturated carbocycles. The SMILES string of the molecule is CCNc1cc(C)ccc1C(=O)NC1CC(OC)C1(C)C.